The second-order valence-corrected chi connectivity index (χ2v) is 12.7. The number of carboxylic acid groups (broad SMARTS) is 1. The average molecular weight is 520 g/mol. The first kappa shape index (κ1) is 25.8. The molecule has 0 saturated heterocycles. The molecule has 0 atom stereocenters. The third-order valence-electron chi connectivity index (χ3n) is 7.56. The molecule has 35 heavy (non-hydrogen) atoms. The summed E-state index contributed by atoms with van der Waals surface area (Å²) in [6, 6.07) is 4.54. The number of aromatic nitrogens is 1. The van der Waals surface area contributed by atoms with Crippen LogP contribution in [0.25, 0.3) is 0 Å². The van der Waals surface area contributed by atoms with E-state index in [0.29, 0.717) is 37.3 Å². The zero-order valence-electron chi connectivity index (χ0n) is 20.2. The Balaban J connectivity index is 1.53. The molecule has 0 bridgehead atoms. The standard InChI is InChI=1S/C25H33N3O5S2/c1-17-5-7-18(8-6-17)24(29)28(22-13-15-34-23(22)25(30)31)20-11-9-19(10-12-20)27(2)35(32,33)21-4-3-14-26-16-21/h3-4,13-20H,5-12H2,1-2H3,(H,30,31). The van der Waals surface area contributed by atoms with Crippen molar-refractivity contribution in [3.8, 4) is 0 Å². The molecule has 0 spiro atoms. The third kappa shape index (κ3) is 5.44. The van der Waals surface area contributed by atoms with E-state index < -0.39 is 16.0 Å². The van der Waals surface area contributed by atoms with Crippen LogP contribution in [0.15, 0.2) is 40.9 Å². The summed E-state index contributed by atoms with van der Waals surface area (Å²) in [5.41, 5.74) is 0.478. The fraction of sp³-hybridized carbons (Fsp3) is 0.560. The molecule has 0 radical (unpaired) electrons. The lowest BCUT2D eigenvalue weighted by Gasteiger charge is -2.41. The monoisotopic (exact) mass is 519 g/mol. The van der Waals surface area contributed by atoms with Gasteiger partial charge in [0.1, 0.15) is 9.77 Å². The highest BCUT2D eigenvalue weighted by Crippen LogP contribution is 2.38. The van der Waals surface area contributed by atoms with Crippen LogP contribution in [-0.4, -0.2) is 53.8 Å². The smallest absolute Gasteiger partial charge is 0.348 e. The largest absolute Gasteiger partial charge is 0.477 e. The van der Waals surface area contributed by atoms with Gasteiger partial charge < -0.3 is 10.0 Å². The van der Waals surface area contributed by atoms with Crippen molar-refractivity contribution in [2.24, 2.45) is 11.8 Å². The van der Waals surface area contributed by atoms with Gasteiger partial charge in [0.25, 0.3) is 0 Å². The summed E-state index contributed by atoms with van der Waals surface area (Å²) in [4.78, 5) is 31.7. The van der Waals surface area contributed by atoms with Gasteiger partial charge in [-0.15, -0.1) is 11.3 Å². The highest BCUT2D eigenvalue weighted by Gasteiger charge is 2.39. The number of thiophene rings is 1. The maximum absolute atomic E-state index is 13.8. The first-order valence-corrected chi connectivity index (χ1v) is 14.5. The van der Waals surface area contributed by atoms with Gasteiger partial charge in [0.05, 0.1) is 5.69 Å². The van der Waals surface area contributed by atoms with E-state index in [1.54, 1.807) is 41.7 Å². The van der Waals surface area contributed by atoms with Crippen LogP contribution < -0.4 is 4.90 Å². The molecule has 2 heterocycles. The first-order chi connectivity index (χ1) is 16.7. The second kappa shape index (κ2) is 10.8. The van der Waals surface area contributed by atoms with Gasteiger partial charge in [-0.25, -0.2) is 13.2 Å². The number of anilines is 1. The number of sulfonamides is 1. The maximum Gasteiger partial charge on any atom is 0.348 e. The zero-order chi connectivity index (χ0) is 25.2. The number of hydrogen-bond donors (Lipinski definition) is 1. The Morgan fingerprint density at radius 3 is 2.29 bits per heavy atom. The number of aromatic carboxylic acids is 1. The molecule has 2 aromatic heterocycles. The number of carbonyl (C=O) groups excluding carboxylic acids is 1. The molecule has 2 saturated carbocycles. The van der Waals surface area contributed by atoms with Crippen LogP contribution >= 0.6 is 11.3 Å². The summed E-state index contributed by atoms with van der Waals surface area (Å²) >= 11 is 1.13. The fourth-order valence-electron chi connectivity index (χ4n) is 5.39. The van der Waals surface area contributed by atoms with Crippen LogP contribution in [0.2, 0.25) is 0 Å². The van der Waals surface area contributed by atoms with Gasteiger partial charge in [-0.05, 0) is 80.9 Å². The van der Waals surface area contributed by atoms with Crippen LogP contribution in [0.3, 0.4) is 0 Å². The maximum atomic E-state index is 13.8. The van der Waals surface area contributed by atoms with Crippen molar-refractivity contribution in [2.75, 3.05) is 11.9 Å². The molecular weight excluding hydrogens is 486 g/mol. The number of amides is 1. The van der Waals surface area contributed by atoms with Crippen LogP contribution in [0.5, 0.6) is 0 Å². The predicted molar refractivity (Wildman–Crippen MR) is 135 cm³/mol. The number of carboxylic acids is 1. The van der Waals surface area contributed by atoms with Gasteiger partial charge in [-0.1, -0.05) is 6.92 Å². The first-order valence-electron chi connectivity index (χ1n) is 12.2. The molecule has 0 aromatic carbocycles. The molecule has 2 aromatic rings. The van der Waals surface area contributed by atoms with E-state index in [0.717, 1.165) is 37.0 Å². The van der Waals surface area contributed by atoms with Crippen molar-refractivity contribution < 1.29 is 23.1 Å². The van der Waals surface area contributed by atoms with E-state index in [1.807, 2.05) is 0 Å². The third-order valence-corrected chi connectivity index (χ3v) is 10.3. The van der Waals surface area contributed by atoms with Gasteiger partial charge in [0.15, 0.2) is 0 Å². The van der Waals surface area contributed by atoms with E-state index in [-0.39, 0.29) is 33.7 Å². The zero-order valence-corrected chi connectivity index (χ0v) is 21.8. The van der Waals surface area contributed by atoms with Gasteiger partial charge in [0, 0.05) is 37.4 Å². The number of pyridine rings is 1. The summed E-state index contributed by atoms with van der Waals surface area (Å²) in [5, 5.41) is 11.5. The molecular formula is C25H33N3O5S2. The molecule has 8 nitrogen and oxygen atoms in total. The Labute approximate surface area is 211 Å². The minimum absolute atomic E-state index is 0.0117. The predicted octanol–water partition coefficient (Wildman–Crippen LogP) is 4.63. The second-order valence-electron chi connectivity index (χ2n) is 9.78. The van der Waals surface area contributed by atoms with E-state index >= 15 is 0 Å². The molecule has 2 fully saturated rings. The molecule has 4 rings (SSSR count). The normalized spacial score (nSPS) is 25.3. The van der Waals surface area contributed by atoms with Crippen LogP contribution in [0.4, 0.5) is 5.69 Å². The Bertz CT molecular complexity index is 1130. The lowest BCUT2D eigenvalue weighted by molar-refractivity contribution is -0.124. The summed E-state index contributed by atoms with van der Waals surface area (Å²) in [7, 11) is -2.06. The SMILES string of the molecule is CC1CCC(C(=O)N(c2ccsc2C(=O)O)C2CCC(N(C)S(=O)(=O)c3cccnc3)CC2)CC1. The average Bonchev–Trinajstić information content (AvgIpc) is 3.35. The lowest BCUT2D eigenvalue weighted by atomic mass is 9.81. The highest BCUT2D eigenvalue weighted by molar-refractivity contribution is 7.89. The summed E-state index contributed by atoms with van der Waals surface area (Å²) in [5.74, 6) is -0.506. The molecule has 2 aliphatic carbocycles. The fourth-order valence-corrected chi connectivity index (χ4v) is 7.49. The molecule has 2 aliphatic rings. The molecule has 0 unspecified atom stereocenters. The molecule has 0 aliphatic heterocycles. The van der Waals surface area contributed by atoms with E-state index in [9.17, 15) is 23.1 Å². The topological polar surface area (TPSA) is 108 Å². The number of nitrogens with zero attached hydrogens (tertiary/aromatic N) is 3. The van der Waals surface area contributed by atoms with Gasteiger partial charge in [-0.3, -0.25) is 9.78 Å². The van der Waals surface area contributed by atoms with Crippen molar-refractivity contribution in [3.05, 3.63) is 40.8 Å². The number of hydrogen-bond acceptors (Lipinski definition) is 6. The van der Waals surface area contributed by atoms with Crippen LogP contribution in [-0.2, 0) is 14.8 Å². The Hall–Kier alpha value is -2.30. The Morgan fingerprint density at radius 1 is 1.03 bits per heavy atom. The number of carbonyl (C=O) groups is 2. The van der Waals surface area contributed by atoms with Crippen molar-refractivity contribution in [2.45, 2.75) is 75.3 Å². The number of rotatable bonds is 7. The van der Waals surface area contributed by atoms with Gasteiger partial charge in [0.2, 0.25) is 15.9 Å². The molecule has 1 amide bonds. The quantitative estimate of drug-likeness (QED) is 0.571. The summed E-state index contributed by atoms with van der Waals surface area (Å²) < 4.78 is 27.5. The van der Waals surface area contributed by atoms with Crippen molar-refractivity contribution >= 4 is 38.9 Å². The van der Waals surface area contributed by atoms with Crippen LogP contribution in [0.1, 0.15) is 68.0 Å². The van der Waals surface area contributed by atoms with Gasteiger partial charge >= 0.3 is 5.97 Å². The highest BCUT2D eigenvalue weighted by atomic mass is 32.2. The van der Waals surface area contributed by atoms with Crippen molar-refractivity contribution in [1.29, 1.82) is 0 Å². The summed E-state index contributed by atoms with van der Waals surface area (Å²) in [6.07, 6.45) is 8.97. The summed E-state index contributed by atoms with van der Waals surface area (Å²) in [6.45, 7) is 2.21. The van der Waals surface area contributed by atoms with E-state index in [2.05, 4.69) is 11.9 Å². The van der Waals surface area contributed by atoms with Gasteiger partial charge in [-0.2, -0.15) is 4.31 Å². The molecule has 190 valence electrons. The van der Waals surface area contributed by atoms with E-state index in [4.69, 9.17) is 0 Å². The molecule has 1 N–H and O–H groups in total. The minimum Gasteiger partial charge on any atom is -0.477 e. The van der Waals surface area contributed by atoms with Crippen LogP contribution in [0, 0.1) is 11.8 Å². The van der Waals surface area contributed by atoms with Crippen molar-refractivity contribution in [1.82, 2.24) is 9.29 Å². The Morgan fingerprint density at radius 2 is 1.69 bits per heavy atom. The minimum atomic E-state index is -3.66. The van der Waals surface area contributed by atoms with Crippen molar-refractivity contribution in [3.63, 3.8) is 0 Å². The molecule has 10 heteroatoms. The Kier molecular flexibility index (Phi) is 7.92. The van der Waals surface area contributed by atoms with E-state index in [1.165, 1.54) is 10.5 Å². The lowest BCUT2D eigenvalue weighted by Crippen LogP contribution is -2.49.